The Bertz CT molecular complexity index is 1630. The number of aldehydes is 1. The number of ether oxygens (including phenoxy) is 1. The Kier molecular flexibility index (Phi) is 9.48. The van der Waals surface area contributed by atoms with Crippen molar-refractivity contribution in [3.63, 3.8) is 0 Å². The van der Waals surface area contributed by atoms with Gasteiger partial charge in [0.1, 0.15) is 18.1 Å². The molecule has 218 valence electrons. The van der Waals surface area contributed by atoms with Crippen molar-refractivity contribution in [3.05, 3.63) is 125 Å². The Balaban J connectivity index is 1.33. The Morgan fingerprint density at radius 2 is 1.77 bits per heavy atom. The molecule has 8 nitrogen and oxygen atoms in total. The molecule has 0 aliphatic carbocycles. The second kappa shape index (κ2) is 13.8. The predicted octanol–water partition coefficient (Wildman–Crippen LogP) is 6.23. The van der Waals surface area contributed by atoms with Crippen LogP contribution in [0.5, 0.6) is 0 Å². The number of esters is 1. The standard InChI is InChI=1S/C33H29FN4O4S/c1-42-32(40)24-9-7-22(8-10-24)17-18-43-27-15-16-30-28(19-27)29(20-38(30)31(21-39)23-5-3-2-4-6-23)36-37-33(41)35-26-13-11-25(34)12-14-26/h2-16,19,21,31H,17-18,20H2,1H3,(H2,35,37,41). The first kappa shape index (κ1) is 29.5. The highest BCUT2D eigenvalue weighted by molar-refractivity contribution is 7.99. The molecule has 43 heavy (non-hydrogen) atoms. The van der Waals surface area contributed by atoms with Crippen molar-refractivity contribution in [1.82, 2.24) is 5.43 Å². The van der Waals surface area contributed by atoms with Crippen LogP contribution in [0.4, 0.5) is 20.6 Å². The minimum absolute atomic E-state index is 0.311. The van der Waals surface area contributed by atoms with E-state index in [4.69, 9.17) is 4.74 Å². The van der Waals surface area contributed by atoms with Crippen LogP contribution in [0.25, 0.3) is 0 Å². The van der Waals surface area contributed by atoms with Crippen molar-refractivity contribution in [3.8, 4) is 0 Å². The molecule has 0 spiro atoms. The van der Waals surface area contributed by atoms with Crippen molar-refractivity contribution in [2.24, 2.45) is 5.10 Å². The van der Waals surface area contributed by atoms with Crippen LogP contribution in [0.3, 0.4) is 0 Å². The summed E-state index contributed by atoms with van der Waals surface area (Å²) in [6, 6.07) is 27.2. The topological polar surface area (TPSA) is 100 Å². The number of halogens is 1. The number of methoxy groups -OCH3 is 1. The maximum absolute atomic E-state index is 13.2. The average molecular weight is 597 g/mol. The number of carbonyl (C=O) groups excluding carboxylic acids is 3. The van der Waals surface area contributed by atoms with Gasteiger partial charge >= 0.3 is 12.0 Å². The first-order valence-corrected chi connectivity index (χ1v) is 14.5. The SMILES string of the molecule is COC(=O)c1ccc(CCSc2ccc3c(c2)C(=NNC(=O)Nc2ccc(F)cc2)CN3C(C=O)c2ccccc2)cc1. The molecule has 1 unspecified atom stereocenters. The largest absolute Gasteiger partial charge is 0.465 e. The number of amides is 2. The Labute approximate surface area is 252 Å². The lowest BCUT2D eigenvalue weighted by Gasteiger charge is -2.26. The second-order valence-electron chi connectivity index (χ2n) is 9.72. The van der Waals surface area contributed by atoms with E-state index in [1.165, 1.54) is 31.4 Å². The maximum Gasteiger partial charge on any atom is 0.339 e. The number of hydrogen-bond donors (Lipinski definition) is 2. The fraction of sp³-hybridized carbons (Fsp3) is 0.152. The number of fused-ring (bicyclic) bond motifs is 1. The fourth-order valence-electron chi connectivity index (χ4n) is 4.77. The summed E-state index contributed by atoms with van der Waals surface area (Å²) >= 11 is 1.67. The molecule has 1 aliphatic heterocycles. The fourth-order valence-corrected chi connectivity index (χ4v) is 5.71. The monoisotopic (exact) mass is 596 g/mol. The van der Waals surface area contributed by atoms with Gasteiger partial charge < -0.3 is 19.7 Å². The second-order valence-corrected chi connectivity index (χ2v) is 10.9. The molecule has 2 N–H and O–H groups in total. The number of hydrazone groups is 1. The highest BCUT2D eigenvalue weighted by atomic mass is 32.2. The molecule has 0 fully saturated rings. The van der Waals surface area contributed by atoms with Crippen molar-refractivity contribution in [1.29, 1.82) is 0 Å². The average Bonchev–Trinajstić information content (AvgIpc) is 3.39. The third-order valence-electron chi connectivity index (χ3n) is 6.94. The van der Waals surface area contributed by atoms with Gasteiger partial charge in [-0.1, -0.05) is 42.5 Å². The molecule has 1 atom stereocenters. The molecule has 0 radical (unpaired) electrons. The van der Waals surface area contributed by atoms with Gasteiger partial charge in [-0.05, 0) is 72.1 Å². The zero-order valence-corrected chi connectivity index (χ0v) is 24.1. The number of nitrogens with zero attached hydrogens (tertiary/aromatic N) is 2. The van der Waals surface area contributed by atoms with E-state index in [1.807, 2.05) is 65.6 Å². The molecule has 0 saturated carbocycles. The summed E-state index contributed by atoms with van der Waals surface area (Å²) in [5.74, 6) is 0.0329. The van der Waals surface area contributed by atoms with Gasteiger partial charge in [0.05, 0.1) is 24.9 Å². The Morgan fingerprint density at radius 3 is 2.47 bits per heavy atom. The van der Waals surface area contributed by atoms with Crippen LogP contribution in [0.15, 0.2) is 107 Å². The van der Waals surface area contributed by atoms with Crippen LogP contribution in [0, 0.1) is 5.82 Å². The van der Waals surface area contributed by atoms with Gasteiger partial charge in [0.2, 0.25) is 0 Å². The number of nitrogens with one attached hydrogen (secondary N) is 2. The normalized spacial score (nSPS) is 13.7. The molecule has 4 aromatic rings. The quantitative estimate of drug-likeness (QED) is 0.0974. The van der Waals surface area contributed by atoms with Crippen LogP contribution in [0.1, 0.15) is 33.1 Å². The molecule has 1 aliphatic rings. The van der Waals surface area contributed by atoms with E-state index in [0.717, 1.165) is 45.7 Å². The third kappa shape index (κ3) is 7.28. The van der Waals surface area contributed by atoms with E-state index < -0.39 is 17.9 Å². The van der Waals surface area contributed by atoms with Crippen LogP contribution >= 0.6 is 11.8 Å². The smallest absolute Gasteiger partial charge is 0.339 e. The van der Waals surface area contributed by atoms with Crippen molar-refractivity contribution < 1.29 is 23.5 Å². The molecule has 0 aromatic heterocycles. The minimum Gasteiger partial charge on any atom is -0.465 e. The summed E-state index contributed by atoms with van der Waals surface area (Å²) in [4.78, 5) is 39.5. The number of thioether (sulfide) groups is 1. The third-order valence-corrected chi connectivity index (χ3v) is 7.94. The van der Waals surface area contributed by atoms with Gasteiger partial charge in [-0.15, -0.1) is 11.8 Å². The summed E-state index contributed by atoms with van der Waals surface area (Å²) < 4.78 is 18.0. The number of carbonyl (C=O) groups is 3. The summed E-state index contributed by atoms with van der Waals surface area (Å²) in [6.45, 7) is 0.311. The summed E-state index contributed by atoms with van der Waals surface area (Å²) in [6.07, 6.45) is 1.70. The molecule has 0 saturated heterocycles. The number of aryl methyl sites for hydroxylation is 1. The van der Waals surface area contributed by atoms with Crippen LogP contribution in [-0.4, -0.2) is 43.4 Å². The summed E-state index contributed by atoms with van der Waals surface area (Å²) in [5, 5.41) is 7.05. The van der Waals surface area contributed by atoms with Crippen molar-refractivity contribution >= 4 is 47.1 Å². The molecular formula is C33H29FN4O4S. The van der Waals surface area contributed by atoms with Gasteiger partial charge in [0.15, 0.2) is 0 Å². The number of hydrogen-bond acceptors (Lipinski definition) is 7. The number of rotatable bonds is 10. The Morgan fingerprint density at radius 1 is 1.02 bits per heavy atom. The van der Waals surface area contributed by atoms with Crippen molar-refractivity contribution in [2.45, 2.75) is 17.4 Å². The highest BCUT2D eigenvalue weighted by Crippen LogP contribution is 2.37. The first-order valence-electron chi connectivity index (χ1n) is 13.6. The van der Waals surface area contributed by atoms with E-state index >= 15 is 0 Å². The van der Waals surface area contributed by atoms with E-state index in [9.17, 15) is 18.8 Å². The molecule has 10 heteroatoms. The molecule has 2 amide bonds. The molecule has 1 heterocycles. The van der Waals surface area contributed by atoms with Gasteiger partial charge in [0, 0.05) is 27.6 Å². The first-order chi connectivity index (χ1) is 20.9. The van der Waals surface area contributed by atoms with Crippen molar-refractivity contribution in [2.75, 3.05) is 29.6 Å². The highest BCUT2D eigenvalue weighted by Gasteiger charge is 2.31. The number of urea groups is 1. The van der Waals surface area contributed by atoms with E-state index in [2.05, 4.69) is 15.8 Å². The molecule has 5 rings (SSSR count). The van der Waals surface area contributed by atoms with E-state index in [1.54, 1.807) is 23.9 Å². The van der Waals surface area contributed by atoms with E-state index in [0.29, 0.717) is 23.5 Å². The van der Waals surface area contributed by atoms with Gasteiger partial charge in [0.25, 0.3) is 0 Å². The van der Waals surface area contributed by atoms with Crippen LogP contribution in [0.2, 0.25) is 0 Å². The summed E-state index contributed by atoms with van der Waals surface area (Å²) in [5.41, 5.74) is 7.68. The molecule has 4 aromatic carbocycles. The number of benzene rings is 4. The lowest BCUT2D eigenvalue weighted by atomic mass is 10.1. The number of anilines is 2. The van der Waals surface area contributed by atoms with Gasteiger partial charge in [-0.2, -0.15) is 5.10 Å². The van der Waals surface area contributed by atoms with Crippen LogP contribution in [-0.2, 0) is 16.0 Å². The van der Waals surface area contributed by atoms with Gasteiger partial charge in [-0.3, -0.25) is 0 Å². The molecular weight excluding hydrogens is 567 g/mol. The van der Waals surface area contributed by atoms with Gasteiger partial charge in [-0.25, -0.2) is 19.4 Å². The van der Waals surface area contributed by atoms with Crippen LogP contribution < -0.4 is 15.6 Å². The summed E-state index contributed by atoms with van der Waals surface area (Å²) in [7, 11) is 1.36. The minimum atomic E-state index is -0.571. The zero-order valence-electron chi connectivity index (χ0n) is 23.3. The predicted molar refractivity (Wildman–Crippen MR) is 166 cm³/mol. The lowest BCUT2D eigenvalue weighted by molar-refractivity contribution is -0.109. The van der Waals surface area contributed by atoms with E-state index in [-0.39, 0.29) is 5.97 Å². The molecule has 0 bridgehead atoms. The maximum atomic E-state index is 13.2. The Hall–Kier alpha value is -4.96. The zero-order chi connectivity index (χ0) is 30.2. The lowest BCUT2D eigenvalue weighted by Crippen LogP contribution is -2.31.